The molecule has 0 fully saturated rings. The molecule has 0 saturated carbocycles. The third-order valence-corrected chi connectivity index (χ3v) is 5.51. The maximum Gasteiger partial charge on any atom is 0.232 e. The van der Waals surface area contributed by atoms with E-state index in [-0.39, 0.29) is 17.4 Å². The first-order valence-electron chi connectivity index (χ1n) is 9.20. The Hall–Kier alpha value is -2.73. The van der Waals surface area contributed by atoms with E-state index in [4.69, 9.17) is 4.42 Å². The van der Waals surface area contributed by atoms with E-state index in [9.17, 15) is 9.00 Å². The maximum atomic E-state index is 12.4. The average molecular weight is 397 g/mol. The van der Waals surface area contributed by atoms with Gasteiger partial charge in [0.1, 0.15) is 11.5 Å². The number of rotatable bonds is 8. The van der Waals surface area contributed by atoms with Crippen LogP contribution < -0.4 is 5.32 Å². The molecule has 3 rings (SSSR count). The second kappa shape index (κ2) is 9.46. The first-order valence-corrected chi connectivity index (χ1v) is 10.7. The highest BCUT2D eigenvalue weighted by molar-refractivity contribution is 7.84. The van der Waals surface area contributed by atoms with E-state index in [1.165, 1.54) is 0 Å². The predicted molar refractivity (Wildman–Crippen MR) is 111 cm³/mol. The van der Waals surface area contributed by atoms with E-state index in [2.05, 4.69) is 10.3 Å². The lowest BCUT2D eigenvalue weighted by Crippen LogP contribution is -2.30. The molecule has 1 N–H and O–H groups in total. The summed E-state index contributed by atoms with van der Waals surface area (Å²) in [5.41, 5.74) is 3.79. The largest absolute Gasteiger partial charge is 0.441 e. The van der Waals surface area contributed by atoms with Gasteiger partial charge in [0.25, 0.3) is 0 Å². The number of hydrogen-bond donors (Lipinski definition) is 1. The zero-order chi connectivity index (χ0) is 19.9. The normalized spacial score (nSPS) is 11.9. The average Bonchev–Trinajstić information content (AvgIpc) is 3.03. The van der Waals surface area contributed by atoms with Gasteiger partial charge in [0.05, 0.1) is 11.4 Å². The summed E-state index contributed by atoms with van der Waals surface area (Å²) in [4.78, 5) is 16.5. The van der Waals surface area contributed by atoms with Gasteiger partial charge in [0.15, 0.2) is 0 Å². The van der Waals surface area contributed by atoms with Crippen LogP contribution in [-0.4, -0.2) is 27.4 Å². The number of carbonyl (C=O) groups is 1. The Morgan fingerprint density at radius 1 is 1.11 bits per heavy atom. The first-order chi connectivity index (χ1) is 13.5. The number of amides is 1. The van der Waals surface area contributed by atoms with Crippen molar-refractivity contribution in [1.82, 2.24) is 10.3 Å². The van der Waals surface area contributed by atoms with Crippen molar-refractivity contribution in [1.29, 1.82) is 0 Å². The molecule has 3 aromatic rings. The number of benzene rings is 2. The molecule has 28 heavy (non-hydrogen) atoms. The fraction of sp³-hybridized carbons (Fsp3) is 0.273. The van der Waals surface area contributed by atoms with Crippen LogP contribution in [0.5, 0.6) is 0 Å². The van der Waals surface area contributed by atoms with Gasteiger partial charge in [-0.25, -0.2) is 4.98 Å². The molecule has 0 unspecified atom stereocenters. The number of hydrogen-bond acceptors (Lipinski definition) is 4. The molecular formula is C22H24N2O3S. The van der Waals surface area contributed by atoms with Crippen molar-refractivity contribution in [2.75, 3.05) is 12.3 Å². The molecule has 0 saturated heterocycles. The molecule has 1 amide bonds. The standard InChI is InChI=1S/C22H24N2O3S/c1-16-7-6-10-19(13-16)22-24-20(17(2)27-22)14-28(26)15-21(25)23-12-11-18-8-4-3-5-9-18/h3-10,13H,11-12,14-15H2,1-2H3,(H,23,25)/t28-/m1/s1. The summed E-state index contributed by atoms with van der Waals surface area (Å²) >= 11 is 0. The van der Waals surface area contributed by atoms with Crippen molar-refractivity contribution in [2.45, 2.75) is 26.0 Å². The van der Waals surface area contributed by atoms with Crippen molar-refractivity contribution in [2.24, 2.45) is 0 Å². The van der Waals surface area contributed by atoms with Crippen LogP contribution in [0.1, 0.15) is 22.6 Å². The highest BCUT2D eigenvalue weighted by Gasteiger charge is 2.16. The molecule has 0 bridgehead atoms. The molecule has 1 aromatic heterocycles. The third kappa shape index (κ3) is 5.63. The summed E-state index contributed by atoms with van der Waals surface area (Å²) in [5.74, 6) is 1.10. The van der Waals surface area contributed by atoms with Crippen molar-refractivity contribution in [3.8, 4) is 11.5 Å². The fourth-order valence-electron chi connectivity index (χ4n) is 2.86. The van der Waals surface area contributed by atoms with Crippen LogP contribution in [0.2, 0.25) is 0 Å². The van der Waals surface area contributed by atoms with Crippen LogP contribution in [0.3, 0.4) is 0 Å². The summed E-state index contributed by atoms with van der Waals surface area (Å²) in [5, 5.41) is 2.82. The molecular weight excluding hydrogens is 372 g/mol. The number of oxazole rings is 1. The summed E-state index contributed by atoms with van der Waals surface area (Å²) in [6.07, 6.45) is 0.751. The molecule has 1 atom stereocenters. The smallest absolute Gasteiger partial charge is 0.232 e. The highest BCUT2D eigenvalue weighted by atomic mass is 32.2. The van der Waals surface area contributed by atoms with E-state index in [1.54, 1.807) is 6.92 Å². The summed E-state index contributed by atoms with van der Waals surface area (Å²) in [6.45, 7) is 4.34. The van der Waals surface area contributed by atoms with E-state index < -0.39 is 10.8 Å². The van der Waals surface area contributed by atoms with Gasteiger partial charge in [-0.05, 0) is 38.0 Å². The number of aryl methyl sites for hydroxylation is 2. The molecule has 0 spiro atoms. The van der Waals surface area contributed by atoms with Gasteiger partial charge in [0.2, 0.25) is 11.8 Å². The second-order valence-electron chi connectivity index (χ2n) is 6.71. The summed E-state index contributed by atoms with van der Waals surface area (Å²) in [7, 11) is -1.34. The van der Waals surface area contributed by atoms with E-state index >= 15 is 0 Å². The number of aromatic nitrogens is 1. The zero-order valence-electron chi connectivity index (χ0n) is 16.1. The van der Waals surface area contributed by atoms with E-state index in [0.29, 0.717) is 23.9 Å². The van der Waals surface area contributed by atoms with Gasteiger partial charge in [0, 0.05) is 22.9 Å². The van der Waals surface area contributed by atoms with E-state index in [1.807, 2.05) is 61.5 Å². The van der Waals surface area contributed by atoms with E-state index in [0.717, 1.165) is 23.1 Å². The first kappa shape index (κ1) is 20.0. The molecule has 0 radical (unpaired) electrons. The Bertz CT molecular complexity index is 967. The SMILES string of the molecule is Cc1cccc(-c2nc(C[S@@](=O)CC(=O)NCCc3ccccc3)c(C)o2)c1. The lowest BCUT2D eigenvalue weighted by molar-refractivity contribution is -0.118. The minimum atomic E-state index is -1.34. The monoisotopic (exact) mass is 396 g/mol. The van der Waals surface area contributed by atoms with Crippen LogP contribution in [0.4, 0.5) is 0 Å². The van der Waals surface area contributed by atoms with Crippen LogP contribution in [0, 0.1) is 13.8 Å². The van der Waals surface area contributed by atoms with Gasteiger partial charge < -0.3 is 9.73 Å². The highest BCUT2D eigenvalue weighted by Crippen LogP contribution is 2.23. The third-order valence-electron chi connectivity index (χ3n) is 4.33. The Morgan fingerprint density at radius 3 is 2.64 bits per heavy atom. The number of nitrogens with zero attached hydrogens (tertiary/aromatic N) is 1. The van der Waals surface area contributed by atoms with Gasteiger partial charge in [-0.3, -0.25) is 9.00 Å². The van der Waals surface area contributed by atoms with Gasteiger partial charge in [-0.2, -0.15) is 0 Å². The van der Waals surface area contributed by atoms with Crippen LogP contribution >= 0.6 is 0 Å². The van der Waals surface area contributed by atoms with Crippen molar-refractivity contribution in [3.63, 3.8) is 0 Å². The molecule has 0 aliphatic carbocycles. The van der Waals surface area contributed by atoms with Crippen molar-refractivity contribution >= 4 is 16.7 Å². The zero-order valence-corrected chi connectivity index (χ0v) is 16.9. The predicted octanol–water partition coefficient (Wildman–Crippen LogP) is 3.57. The Morgan fingerprint density at radius 2 is 1.89 bits per heavy atom. The lowest BCUT2D eigenvalue weighted by Gasteiger charge is -2.05. The van der Waals surface area contributed by atoms with Crippen LogP contribution in [0.25, 0.3) is 11.5 Å². The Kier molecular flexibility index (Phi) is 6.76. The van der Waals surface area contributed by atoms with Gasteiger partial charge in [-0.1, -0.05) is 48.0 Å². The van der Waals surface area contributed by atoms with Gasteiger partial charge in [-0.15, -0.1) is 0 Å². The van der Waals surface area contributed by atoms with Gasteiger partial charge >= 0.3 is 0 Å². The van der Waals surface area contributed by atoms with Crippen molar-refractivity contribution in [3.05, 3.63) is 77.2 Å². The molecule has 2 aromatic carbocycles. The maximum absolute atomic E-state index is 12.4. The molecule has 5 nitrogen and oxygen atoms in total. The second-order valence-corrected chi connectivity index (χ2v) is 8.16. The molecule has 146 valence electrons. The fourth-order valence-corrected chi connectivity index (χ4v) is 3.92. The van der Waals surface area contributed by atoms with Crippen LogP contribution in [0.15, 0.2) is 59.0 Å². The van der Waals surface area contributed by atoms with Crippen molar-refractivity contribution < 1.29 is 13.4 Å². The minimum Gasteiger partial charge on any atom is -0.441 e. The van der Waals surface area contributed by atoms with Crippen LogP contribution in [-0.2, 0) is 27.8 Å². The Labute approximate surface area is 167 Å². The molecule has 6 heteroatoms. The molecule has 0 aliphatic rings. The topological polar surface area (TPSA) is 72.2 Å². The summed E-state index contributed by atoms with van der Waals surface area (Å²) < 4.78 is 18.1. The summed E-state index contributed by atoms with van der Waals surface area (Å²) in [6, 6.07) is 17.8. The molecule has 0 aliphatic heterocycles. The quantitative estimate of drug-likeness (QED) is 0.632. The number of carbonyl (C=O) groups excluding carboxylic acids is 1. The minimum absolute atomic E-state index is 0.0408. The lowest BCUT2D eigenvalue weighted by atomic mass is 10.1. The molecule has 1 heterocycles. The number of nitrogens with one attached hydrogen (secondary N) is 1. The Balaban J connectivity index is 1.51.